The van der Waals surface area contributed by atoms with E-state index in [-0.39, 0.29) is 24.3 Å². The molecule has 0 bridgehead atoms. The molecule has 0 rings (SSSR count). The van der Waals surface area contributed by atoms with Gasteiger partial charge in [0, 0.05) is 19.4 Å². The van der Waals surface area contributed by atoms with Gasteiger partial charge in [-0.3, -0.25) is 9.59 Å². The molecule has 0 aliphatic carbocycles. The molecule has 0 heterocycles. The van der Waals surface area contributed by atoms with Gasteiger partial charge in [0.1, 0.15) is 0 Å². The van der Waals surface area contributed by atoms with E-state index in [1.54, 1.807) is 6.92 Å². The number of carbonyl (C=O) groups excluding carboxylic acids is 2. The second-order valence-corrected chi connectivity index (χ2v) is 3.15. The van der Waals surface area contributed by atoms with Crippen LogP contribution in [0.3, 0.4) is 0 Å². The molecule has 0 atom stereocenters. The molecule has 0 aromatic heterocycles. The van der Waals surface area contributed by atoms with Crippen LogP contribution in [-0.4, -0.2) is 31.6 Å². The molecule has 0 spiro atoms. The Morgan fingerprint density at radius 3 is 2.50 bits per heavy atom. The Labute approximate surface area is 103 Å². The third kappa shape index (κ3) is 11.3. The average Bonchev–Trinajstić information content (AvgIpc) is 2.22. The minimum atomic E-state index is -0.214. The zero-order chi connectivity index (χ0) is 11.5. The average molecular weight is 253 g/mol. The van der Waals surface area contributed by atoms with Crippen LogP contribution in [0.15, 0.2) is 0 Å². The minimum absolute atomic E-state index is 0. The van der Waals surface area contributed by atoms with E-state index < -0.39 is 0 Å². The minimum Gasteiger partial charge on any atom is -0.466 e. The summed E-state index contributed by atoms with van der Waals surface area (Å²) < 4.78 is 4.75. The summed E-state index contributed by atoms with van der Waals surface area (Å²) in [7, 11) is 0. The molecule has 6 heteroatoms. The topological polar surface area (TPSA) is 81.4 Å². The van der Waals surface area contributed by atoms with Crippen molar-refractivity contribution in [2.24, 2.45) is 5.73 Å². The van der Waals surface area contributed by atoms with Gasteiger partial charge in [-0.05, 0) is 26.3 Å². The molecule has 96 valence electrons. The highest BCUT2D eigenvalue weighted by Gasteiger charge is 2.02. The molecule has 5 nitrogen and oxygen atoms in total. The second-order valence-electron chi connectivity index (χ2n) is 3.15. The molecule has 16 heavy (non-hydrogen) atoms. The lowest BCUT2D eigenvalue weighted by atomic mass is 10.2. The van der Waals surface area contributed by atoms with E-state index in [9.17, 15) is 9.59 Å². The first-order valence-corrected chi connectivity index (χ1v) is 5.33. The largest absolute Gasteiger partial charge is 0.466 e. The van der Waals surface area contributed by atoms with E-state index in [4.69, 9.17) is 10.5 Å². The third-order valence-electron chi connectivity index (χ3n) is 1.79. The van der Waals surface area contributed by atoms with Gasteiger partial charge in [0.15, 0.2) is 0 Å². The summed E-state index contributed by atoms with van der Waals surface area (Å²) >= 11 is 0. The fourth-order valence-electron chi connectivity index (χ4n) is 1.04. The Hall–Kier alpha value is -0.810. The van der Waals surface area contributed by atoms with Crippen LogP contribution in [0.25, 0.3) is 0 Å². The van der Waals surface area contributed by atoms with Crippen LogP contribution < -0.4 is 11.1 Å². The highest BCUT2D eigenvalue weighted by molar-refractivity contribution is 5.85. The van der Waals surface area contributed by atoms with Crippen LogP contribution in [0, 0.1) is 0 Å². The normalized spacial score (nSPS) is 9.12. The summed E-state index contributed by atoms with van der Waals surface area (Å²) in [5.74, 6) is -0.224. The van der Waals surface area contributed by atoms with Crippen molar-refractivity contribution in [3.63, 3.8) is 0 Å². The lowest BCUT2D eigenvalue weighted by Gasteiger charge is -2.04. The van der Waals surface area contributed by atoms with Crippen LogP contribution >= 0.6 is 12.4 Å². The Kier molecular flexibility index (Phi) is 13.5. The number of nitrogens with two attached hydrogens (primary N) is 1. The molecule has 0 aromatic carbocycles. The molecule has 0 aliphatic heterocycles. The number of nitrogens with one attached hydrogen (secondary N) is 1. The van der Waals surface area contributed by atoms with Crippen molar-refractivity contribution in [1.29, 1.82) is 0 Å². The monoisotopic (exact) mass is 252 g/mol. The number of esters is 1. The van der Waals surface area contributed by atoms with E-state index in [0.29, 0.717) is 45.4 Å². The zero-order valence-corrected chi connectivity index (χ0v) is 10.5. The van der Waals surface area contributed by atoms with Gasteiger partial charge in [0.2, 0.25) is 5.91 Å². The van der Waals surface area contributed by atoms with Crippen molar-refractivity contribution in [2.45, 2.75) is 32.6 Å². The quantitative estimate of drug-likeness (QED) is 0.490. The summed E-state index contributed by atoms with van der Waals surface area (Å²) in [4.78, 5) is 22.0. The summed E-state index contributed by atoms with van der Waals surface area (Å²) in [5.41, 5.74) is 5.26. The molecular weight excluding hydrogens is 232 g/mol. The van der Waals surface area contributed by atoms with Gasteiger partial charge in [-0.25, -0.2) is 0 Å². The van der Waals surface area contributed by atoms with E-state index in [1.165, 1.54) is 0 Å². The highest BCUT2D eigenvalue weighted by atomic mass is 35.5. The van der Waals surface area contributed by atoms with Crippen molar-refractivity contribution in [1.82, 2.24) is 5.32 Å². The smallest absolute Gasteiger partial charge is 0.305 e. The van der Waals surface area contributed by atoms with E-state index in [0.717, 1.165) is 0 Å². The highest BCUT2D eigenvalue weighted by Crippen LogP contribution is 1.92. The summed E-state index contributed by atoms with van der Waals surface area (Å²) in [6.45, 7) is 3.21. The van der Waals surface area contributed by atoms with Crippen LogP contribution in [0.2, 0.25) is 0 Å². The maximum atomic E-state index is 11.1. The molecule has 1 amide bonds. The summed E-state index contributed by atoms with van der Waals surface area (Å²) in [6, 6.07) is 0. The lowest BCUT2D eigenvalue weighted by molar-refractivity contribution is -0.143. The first-order chi connectivity index (χ1) is 7.20. The number of ether oxygens (including phenoxy) is 1. The molecule has 0 unspecified atom stereocenters. The van der Waals surface area contributed by atoms with Crippen LogP contribution in [0.4, 0.5) is 0 Å². The third-order valence-corrected chi connectivity index (χ3v) is 1.79. The second kappa shape index (κ2) is 12.3. The van der Waals surface area contributed by atoms with Crippen LogP contribution in [0.1, 0.15) is 32.6 Å². The molecule has 0 aromatic rings. The Morgan fingerprint density at radius 2 is 1.94 bits per heavy atom. The lowest BCUT2D eigenvalue weighted by Crippen LogP contribution is -2.25. The van der Waals surface area contributed by atoms with Crippen molar-refractivity contribution in [3.05, 3.63) is 0 Å². The fraction of sp³-hybridized carbons (Fsp3) is 0.800. The molecule has 0 saturated carbocycles. The predicted molar refractivity (Wildman–Crippen MR) is 64.4 cm³/mol. The molecular formula is C10H21ClN2O3. The summed E-state index contributed by atoms with van der Waals surface area (Å²) in [6.07, 6.45) is 2.12. The SMILES string of the molecule is CCOC(=O)CCCNC(=O)CCCN.Cl. The van der Waals surface area contributed by atoms with Crippen molar-refractivity contribution >= 4 is 24.3 Å². The number of hydrogen-bond acceptors (Lipinski definition) is 4. The van der Waals surface area contributed by atoms with Gasteiger partial charge in [-0.15, -0.1) is 12.4 Å². The summed E-state index contributed by atoms with van der Waals surface area (Å²) in [5, 5.41) is 2.71. The Morgan fingerprint density at radius 1 is 1.25 bits per heavy atom. The number of hydrogen-bond donors (Lipinski definition) is 2. The van der Waals surface area contributed by atoms with Crippen LogP contribution in [0.5, 0.6) is 0 Å². The van der Waals surface area contributed by atoms with Gasteiger partial charge in [0.05, 0.1) is 6.61 Å². The fourth-order valence-corrected chi connectivity index (χ4v) is 1.04. The predicted octanol–water partition coefficient (Wildman–Crippen LogP) is 0.607. The Balaban J connectivity index is 0. The number of amides is 1. The first kappa shape index (κ1) is 17.6. The van der Waals surface area contributed by atoms with E-state index in [1.807, 2.05) is 0 Å². The van der Waals surface area contributed by atoms with E-state index in [2.05, 4.69) is 5.32 Å². The van der Waals surface area contributed by atoms with Crippen molar-refractivity contribution in [3.8, 4) is 0 Å². The standard InChI is InChI=1S/C10H20N2O3.ClH/c1-2-15-10(14)6-4-8-12-9(13)5-3-7-11;/h2-8,11H2,1H3,(H,12,13);1H. The van der Waals surface area contributed by atoms with Gasteiger partial charge in [-0.2, -0.15) is 0 Å². The van der Waals surface area contributed by atoms with Crippen molar-refractivity contribution in [2.75, 3.05) is 19.7 Å². The maximum Gasteiger partial charge on any atom is 0.305 e. The molecule has 0 fully saturated rings. The van der Waals surface area contributed by atoms with Gasteiger partial charge in [-0.1, -0.05) is 0 Å². The van der Waals surface area contributed by atoms with Gasteiger partial charge < -0.3 is 15.8 Å². The maximum absolute atomic E-state index is 11.1. The van der Waals surface area contributed by atoms with Gasteiger partial charge >= 0.3 is 5.97 Å². The molecule has 0 aliphatic rings. The van der Waals surface area contributed by atoms with Gasteiger partial charge in [0.25, 0.3) is 0 Å². The van der Waals surface area contributed by atoms with E-state index >= 15 is 0 Å². The Bertz CT molecular complexity index is 201. The number of rotatable bonds is 8. The number of carbonyl (C=O) groups is 2. The molecule has 3 N–H and O–H groups in total. The van der Waals surface area contributed by atoms with Crippen LogP contribution in [-0.2, 0) is 14.3 Å². The molecule has 0 radical (unpaired) electrons. The zero-order valence-electron chi connectivity index (χ0n) is 9.66. The molecule has 0 saturated heterocycles. The van der Waals surface area contributed by atoms with Crippen molar-refractivity contribution < 1.29 is 14.3 Å². The number of halogens is 1. The first-order valence-electron chi connectivity index (χ1n) is 5.33.